The molecule has 0 spiro atoms. The summed E-state index contributed by atoms with van der Waals surface area (Å²) in [4.78, 5) is 42.7. The van der Waals surface area contributed by atoms with Crippen molar-refractivity contribution in [1.82, 2.24) is 10.2 Å². The van der Waals surface area contributed by atoms with Gasteiger partial charge in [0.1, 0.15) is 11.3 Å². The number of carboxylic acids is 1. The van der Waals surface area contributed by atoms with Crippen molar-refractivity contribution < 1.29 is 24.2 Å². The third-order valence-electron chi connectivity index (χ3n) is 7.52. The Hall–Kier alpha value is -4.13. The number of hydrogen-bond acceptors (Lipinski definition) is 4. The molecule has 1 aliphatic rings. The van der Waals surface area contributed by atoms with E-state index in [0.29, 0.717) is 35.4 Å². The van der Waals surface area contributed by atoms with Gasteiger partial charge in [0, 0.05) is 18.0 Å². The van der Waals surface area contributed by atoms with Crippen molar-refractivity contribution in [2.45, 2.75) is 44.7 Å². The van der Waals surface area contributed by atoms with Gasteiger partial charge in [0.05, 0.1) is 19.1 Å². The largest absolute Gasteiger partial charge is 0.497 e. The van der Waals surface area contributed by atoms with Crippen LogP contribution in [0.15, 0.2) is 78.9 Å². The summed E-state index contributed by atoms with van der Waals surface area (Å²) in [6, 6.07) is 22.2. The van der Waals surface area contributed by atoms with Gasteiger partial charge >= 0.3 is 12.0 Å². The van der Waals surface area contributed by atoms with Crippen LogP contribution >= 0.6 is 0 Å². The van der Waals surface area contributed by atoms with E-state index in [-0.39, 0.29) is 5.78 Å². The number of aliphatic carboxylic acids is 1. The molecular weight excluding hydrogens is 480 g/mol. The van der Waals surface area contributed by atoms with Gasteiger partial charge in [-0.25, -0.2) is 9.59 Å². The van der Waals surface area contributed by atoms with E-state index >= 15 is 0 Å². The lowest BCUT2D eigenvalue weighted by Crippen LogP contribution is -2.57. The number of carbonyl (C=O) groups excluding carboxylic acids is 2. The molecule has 1 aliphatic heterocycles. The first kappa shape index (κ1) is 26.9. The number of carbonyl (C=O) groups is 3. The van der Waals surface area contributed by atoms with Gasteiger partial charge in [-0.3, -0.25) is 4.79 Å². The van der Waals surface area contributed by atoms with E-state index in [2.05, 4.69) is 5.32 Å². The number of urea groups is 1. The Balaban J connectivity index is 1.99. The number of likely N-dealkylation sites (tertiary alicyclic amines) is 1. The van der Waals surface area contributed by atoms with Crippen molar-refractivity contribution in [2.24, 2.45) is 5.92 Å². The minimum absolute atomic E-state index is 0.231. The molecule has 3 aromatic rings. The van der Waals surface area contributed by atoms with Crippen LogP contribution in [-0.4, -0.2) is 47.0 Å². The molecule has 1 heterocycles. The monoisotopic (exact) mass is 514 g/mol. The Bertz CT molecular complexity index is 1290. The maximum atomic E-state index is 14.4. The molecule has 7 nitrogen and oxygen atoms in total. The van der Waals surface area contributed by atoms with Crippen molar-refractivity contribution >= 4 is 17.8 Å². The number of ether oxygens (including phenoxy) is 1. The Labute approximate surface area is 223 Å². The lowest BCUT2D eigenvalue weighted by molar-refractivity contribution is -0.148. The number of hydrogen-bond donors (Lipinski definition) is 2. The zero-order chi connectivity index (χ0) is 27.4. The molecule has 4 unspecified atom stereocenters. The Morgan fingerprint density at radius 1 is 0.947 bits per heavy atom. The molecule has 3 aromatic carbocycles. The van der Waals surface area contributed by atoms with Crippen molar-refractivity contribution in [2.75, 3.05) is 13.7 Å². The molecule has 4 rings (SSSR count). The number of ketones is 1. The third-order valence-corrected chi connectivity index (χ3v) is 7.52. The van der Waals surface area contributed by atoms with Gasteiger partial charge in [0.2, 0.25) is 0 Å². The molecule has 2 amide bonds. The van der Waals surface area contributed by atoms with Gasteiger partial charge in [-0.2, -0.15) is 0 Å². The maximum Gasteiger partial charge on any atom is 0.330 e. The topological polar surface area (TPSA) is 95.9 Å². The van der Waals surface area contributed by atoms with Crippen LogP contribution in [0.5, 0.6) is 5.75 Å². The van der Waals surface area contributed by atoms with Crippen LogP contribution in [0.1, 0.15) is 59.3 Å². The molecule has 0 radical (unpaired) electrons. The second-order valence-electron chi connectivity index (χ2n) is 9.92. The van der Waals surface area contributed by atoms with E-state index in [9.17, 15) is 19.5 Å². The molecule has 1 fully saturated rings. The lowest BCUT2D eigenvalue weighted by Gasteiger charge is -2.37. The summed E-state index contributed by atoms with van der Waals surface area (Å²) in [5, 5.41) is 13.6. The molecule has 0 aromatic heterocycles. The fourth-order valence-electron chi connectivity index (χ4n) is 5.58. The van der Waals surface area contributed by atoms with E-state index < -0.39 is 35.4 Å². The van der Waals surface area contributed by atoms with E-state index in [4.69, 9.17) is 4.74 Å². The number of carboxylic acid groups (broad SMARTS) is 1. The molecule has 0 bridgehead atoms. The summed E-state index contributed by atoms with van der Waals surface area (Å²) in [7, 11) is 1.55. The van der Waals surface area contributed by atoms with Crippen LogP contribution in [0.25, 0.3) is 0 Å². The number of amides is 2. The molecule has 198 valence electrons. The standard InChI is InChI=1S/C31H34N2O5/c1-5-19-32-30(37)33-27(22-13-11-20(2)12-14-22)25(28(34)23-15-17-24(38-4)18-16-23)26(31(33,3)29(35)36)21-9-7-6-8-10-21/h6-18,25-27H,5,19H2,1-4H3,(H,32,37)(H,35,36). The molecule has 0 saturated carbocycles. The first-order valence-electron chi connectivity index (χ1n) is 12.8. The third kappa shape index (κ3) is 4.76. The van der Waals surface area contributed by atoms with Gasteiger partial charge < -0.3 is 20.1 Å². The number of nitrogens with one attached hydrogen (secondary N) is 1. The SMILES string of the molecule is CCCNC(=O)N1C(c2ccc(C)cc2)C(C(=O)c2ccc(OC)cc2)C(c2ccccc2)C1(C)C(=O)O. The molecular formula is C31H34N2O5. The number of nitrogens with zero attached hydrogens (tertiary/aromatic N) is 1. The van der Waals surface area contributed by atoms with Crippen LogP contribution in [-0.2, 0) is 4.79 Å². The summed E-state index contributed by atoms with van der Waals surface area (Å²) in [5.41, 5.74) is 1.14. The van der Waals surface area contributed by atoms with Crippen LogP contribution < -0.4 is 10.1 Å². The first-order valence-corrected chi connectivity index (χ1v) is 12.8. The highest BCUT2D eigenvalue weighted by molar-refractivity contribution is 6.02. The molecule has 0 aliphatic carbocycles. The smallest absolute Gasteiger partial charge is 0.330 e. The van der Waals surface area contributed by atoms with Gasteiger partial charge in [0.15, 0.2) is 5.78 Å². The van der Waals surface area contributed by atoms with Crippen LogP contribution in [0.3, 0.4) is 0 Å². The van der Waals surface area contributed by atoms with Crippen molar-refractivity contribution in [3.05, 3.63) is 101 Å². The van der Waals surface area contributed by atoms with Gasteiger partial charge in [-0.1, -0.05) is 67.1 Å². The molecule has 1 saturated heterocycles. The van der Waals surface area contributed by atoms with E-state index in [1.54, 1.807) is 38.3 Å². The predicted molar refractivity (Wildman–Crippen MR) is 145 cm³/mol. The van der Waals surface area contributed by atoms with Crippen LogP contribution in [0, 0.1) is 12.8 Å². The first-order chi connectivity index (χ1) is 18.2. The normalized spacial score (nSPS) is 22.6. The summed E-state index contributed by atoms with van der Waals surface area (Å²) < 4.78 is 5.27. The summed E-state index contributed by atoms with van der Waals surface area (Å²) in [6.45, 7) is 5.83. The highest BCUT2D eigenvalue weighted by Gasteiger charge is 2.64. The van der Waals surface area contributed by atoms with E-state index in [1.807, 2.05) is 68.4 Å². The van der Waals surface area contributed by atoms with Crippen LogP contribution in [0.2, 0.25) is 0 Å². The minimum atomic E-state index is -1.71. The zero-order valence-corrected chi connectivity index (χ0v) is 22.2. The fraction of sp³-hybridized carbons (Fsp3) is 0.323. The molecule has 4 atom stereocenters. The van der Waals surface area contributed by atoms with Gasteiger partial charge in [-0.05, 0) is 55.7 Å². The second-order valence-corrected chi connectivity index (χ2v) is 9.92. The van der Waals surface area contributed by atoms with Crippen molar-refractivity contribution in [3.8, 4) is 5.75 Å². The number of methoxy groups -OCH3 is 1. The maximum absolute atomic E-state index is 14.4. The summed E-state index contributed by atoms with van der Waals surface area (Å²) in [5.74, 6) is -2.46. The van der Waals surface area contributed by atoms with Gasteiger partial charge in [-0.15, -0.1) is 0 Å². The molecule has 7 heteroatoms. The summed E-state index contributed by atoms with van der Waals surface area (Å²) >= 11 is 0. The molecule has 38 heavy (non-hydrogen) atoms. The average Bonchev–Trinajstić information content (AvgIpc) is 3.22. The highest BCUT2D eigenvalue weighted by atomic mass is 16.5. The molecule has 2 N–H and O–H groups in total. The Morgan fingerprint density at radius 2 is 1.58 bits per heavy atom. The van der Waals surface area contributed by atoms with Gasteiger partial charge in [0.25, 0.3) is 0 Å². The lowest BCUT2D eigenvalue weighted by atomic mass is 9.71. The number of Topliss-reactive ketones (excluding diaryl/α,β-unsaturated/α-hetero) is 1. The number of aryl methyl sites for hydroxylation is 1. The highest BCUT2D eigenvalue weighted by Crippen LogP contribution is 2.56. The van der Waals surface area contributed by atoms with Crippen molar-refractivity contribution in [1.29, 1.82) is 0 Å². The zero-order valence-electron chi connectivity index (χ0n) is 22.2. The second kappa shape index (κ2) is 11.1. The Morgan fingerprint density at radius 3 is 2.13 bits per heavy atom. The average molecular weight is 515 g/mol. The summed E-state index contributed by atoms with van der Waals surface area (Å²) in [6.07, 6.45) is 0.689. The quantitative estimate of drug-likeness (QED) is 0.381. The van der Waals surface area contributed by atoms with E-state index in [1.165, 1.54) is 4.90 Å². The fourth-order valence-corrected chi connectivity index (χ4v) is 5.58. The minimum Gasteiger partial charge on any atom is -0.497 e. The predicted octanol–water partition coefficient (Wildman–Crippen LogP) is 5.61. The number of benzene rings is 3. The van der Waals surface area contributed by atoms with Crippen molar-refractivity contribution in [3.63, 3.8) is 0 Å². The Kier molecular flexibility index (Phi) is 7.86. The number of rotatable bonds is 8. The van der Waals surface area contributed by atoms with Crippen LogP contribution in [0.4, 0.5) is 4.79 Å². The van der Waals surface area contributed by atoms with E-state index in [0.717, 1.165) is 5.56 Å².